The highest BCUT2D eigenvalue weighted by Gasteiger charge is 2.04. The van der Waals surface area contributed by atoms with E-state index in [1.54, 1.807) is 11.3 Å². The number of nitrogens with zero attached hydrogens (tertiary/aromatic N) is 1. The number of aromatic nitrogens is 1. The fourth-order valence-electron chi connectivity index (χ4n) is 1.34. The van der Waals surface area contributed by atoms with Crippen molar-refractivity contribution in [1.82, 2.24) is 10.3 Å². The van der Waals surface area contributed by atoms with Crippen molar-refractivity contribution in [3.8, 4) is 0 Å². The number of hydrogen-bond donors (Lipinski definition) is 2. The summed E-state index contributed by atoms with van der Waals surface area (Å²) in [5, 5.41) is 14.2. The number of aryl methyl sites for hydroxylation is 1. The zero-order chi connectivity index (χ0) is 12.7. The Hall–Kier alpha value is -1.43. The Bertz CT molecular complexity index is 390. The van der Waals surface area contributed by atoms with Crippen molar-refractivity contribution < 1.29 is 14.7 Å². The lowest BCUT2D eigenvalue weighted by Crippen LogP contribution is -2.25. The molecule has 0 saturated heterocycles. The molecule has 1 amide bonds. The predicted octanol–water partition coefficient (Wildman–Crippen LogP) is 1.37. The number of carboxylic acids is 1. The van der Waals surface area contributed by atoms with Gasteiger partial charge in [0.15, 0.2) is 0 Å². The van der Waals surface area contributed by atoms with Gasteiger partial charge in [-0.05, 0) is 13.3 Å². The Morgan fingerprint density at radius 1 is 1.47 bits per heavy atom. The van der Waals surface area contributed by atoms with Crippen LogP contribution in [-0.2, 0) is 16.0 Å². The lowest BCUT2D eigenvalue weighted by molar-refractivity contribution is -0.137. The topological polar surface area (TPSA) is 79.3 Å². The first-order valence-corrected chi connectivity index (χ1v) is 6.35. The first kappa shape index (κ1) is 13.6. The molecule has 0 aliphatic heterocycles. The van der Waals surface area contributed by atoms with Crippen LogP contribution < -0.4 is 5.32 Å². The SMILES string of the molecule is Cc1nc(CCNC(=O)CCCC(=O)O)cs1. The van der Waals surface area contributed by atoms with Crippen molar-refractivity contribution in [2.75, 3.05) is 6.54 Å². The van der Waals surface area contributed by atoms with Gasteiger partial charge >= 0.3 is 5.97 Å². The highest BCUT2D eigenvalue weighted by Crippen LogP contribution is 2.07. The summed E-state index contributed by atoms with van der Waals surface area (Å²) in [5.41, 5.74) is 0.985. The Kier molecular flexibility index (Phi) is 5.62. The van der Waals surface area contributed by atoms with Crippen LogP contribution in [0.1, 0.15) is 30.0 Å². The number of rotatable bonds is 7. The zero-order valence-electron chi connectivity index (χ0n) is 9.73. The minimum Gasteiger partial charge on any atom is -0.481 e. The number of carbonyl (C=O) groups excluding carboxylic acids is 1. The molecular formula is C11H16N2O3S. The summed E-state index contributed by atoms with van der Waals surface area (Å²) < 4.78 is 0. The maximum atomic E-state index is 11.3. The van der Waals surface area contributed by atoms with Gasteiger partial charge in [0.25, 0.3) is 0 Å². The number of aliphatic carboxylic acids is 1. The summed E-state index contributed by atoms with van der Waals surface area (Å²) in [5.74, 6) is -0.964. The number of amides is 1. The van der Waals surface area contributed by atoms with Crippen molar-refractivity contribution in [1.29, 1.82) is 0 Å². The van der Waals surface area contributed by atoms with Crippen LogP contribution in [0.5, 0.6) is 0 Å². The smallest absolute Gasteiger partial charge is 0.303 e. The predicted molar refractivity (Wildman–Crippen MR) is 65.1 cm³/mol. The molecule has 0 spiro atoms. The first-order valence-electron chi connectivity index (χ1n) is 5.47. The van der Waals surface area contributed by atoms with Gasteiger partial charge in [0, 0.05) is 31.2 Å². The van der Waals surface area contributed by atoms with E-state index in [1.807, 2.05) is 12.3 Å². The van der Waals surface area contributed by atoms with E-state index in [0.717, 1.165) is 17.1 Å². The molecule has 0 saturated carbocycles. The van der Waals surface area contributed by atoms with Gasteiger partial charge in [0.1, 0.15) is 0 Å². The zero-order valence-corrected chi connectivity index (χ0v) is 10.5. The summed E-state index contributed by atoms with van der Waals surface area (Å²) in [6, 6.07) is 0. The largest absolute Gasteiger partial charge is 0.481 e. The molecule has 5 nitrogen and oxygen atoms in total. The van der Waals surface area contributed by atoms with E-state index in [0.29, 0.717) is 13.0 Å². The third-order valence-corrected chi connectivity index (χ3v) is 2.99. The summed E-state index contributed by atoms with van der Waals surface area (Å²) >= 11 is 1.59. The highest BCUT2D eigenvalue weighted by molar-refractivity contribution is 7.09. The van der Waals surface area contributed by atoms with Crippen LogP contribution >= 0.6 is 11.3 Å². The molecule has 17 heavy (non-hydrogen) atoms. The van der Waals surface area contributed by atoms with Gasteiger partial charge in [0.05, 0.1) is 10.7 Å². The Balaban J connectivity index is 2.10. The fraction of sp³-hybridized carbons (Fsp3) is 0.545. The molecule has 2 N–H and O–H groups in total. The van der Waals surface area contributed by atoms with Crippen molar-refractivity contribution >= 4 is 23.2 Å². The van der Waals surface area contributed by atoms with Gasteiger partial charge in [-0.2, -0.15) is 0 Å². The minimum atomic E-state index is -0.865. The van der Waals surface area contributed by atoms with Crippen LogP contribution in [0, 0.1) is 6.92 Å². The highest BCUT2D eigenvalue weighted by atomic mass is 32.1. The summed E-state index contributed by atoms with van der Waals surface area (Å²) in [4.78, 5) is 25.8. The first-order chi connectivity index (χ1) is 8.08. The van der Waals surface area contributed by atoms with Gasteiger partial charge < -0.3 is 10.4 Å². The molecule has 0 fully saturated rings. The molecule has 0 unspecified atom stereocenters. The molecule has 1 aromatic heterocycles. The number of carboxylic acid groups (broad SMARTS) is 1. The molecule has 6 heteroatoms. The molecule has 0 atom stereocenters. The molecule has 94 valence electrons. The lowest BCUT2D eigenvalue weighted by Gasteiger charge is -2.02. The van der Waals surface area contributed by atoms with Crippen LogP contribution in [0.25, 0.3) is 0 Å². The molecule has 1 aromatic rings. The van der Waals surface area contributed by atoms with E-state index in [-0.39, 0.29) is 18.7 Å². The molecule has 0 bridgehead atoms. The van der Waals surface area contributed by atoms with Gasteiger partial charge in [-0.1, -0.05) is 0 Å². The average Bonchev–Trinajstić information content (AvgIpc) is 2.63. The van der Waals surface area contributed by atoms with Crippen LogP contribution in [0.3, 0.4) is 0 Å². The second-order valence-corrected chi connectivity index (χ2v) is 4.77. The van der Waals surface area contributed by atoms with Crippen LogP contribution in [0.15, 0.2) is 5.38 Å². The van der Waals surface area contributed by atoms with Crippen molar-refractivity contribution in [2.45, 2.75) is 32.6 Å². The van der Waals surface area contributed by atoms with Gasteiger partial charge in [-0.3, -0.25) is 9.59 Å². The van der Waals surface area contributed by atoms with E-state index in [1.165, 1.54) is 0 Å². The van der Waals surface area contributed by atoms with Crippen molar-refractivity contribution in [3.63, 3.8) is 0 Å². The second kappa shape index (κ2) is 7.01. The summed E-state index contributed by atoms with van der Waals surface area (Å²) in [7, 11) is 0. The van der Waals surface area contributed by atoms with Crippen molar-refractivity contribution in [2.24, 2.45) is 0 Å². The Labute approximate surface area is 104 Å². The minimum absolute atomic E-state index is 0.0404. The Morgan fingerprint density at radius 3 is 2.82 bits per heavy atom. The standard InChI is InChI=1S/C11H16N2O3S/c1-8-13-9(7-17-8)5-6-12-10(14)3-2-4-11(15)16/h7H,2-6H2,1H3,(H,12,14)(H,15,16). The molecule has 1 heterocycles. The number of hydrogen-bond acceptors (Lipinski definition) is 4. The Morgan fingerprint density at radius 2 is 2.24 bits per heavy atom. The van der Waals surface area contributed by atoms with E-state index in [2.05, 4.69) is 10.3 Å². The third-order valence-electron chi connectivity index (χ3n) is 2.16. The molecule has 1 rings (SSSR count). The van der Waals surface area contributed by atoms with E-state index < -0.39 is 5.97 Å². The molecular weight excluding hydrogens is 240 g/mol. The number of nitrogens with one attached hydrogen (secondary N) is 1. The van der Waals surface area contributed by atoms with Crippen LogP contribution in [0.4, 0.5) is 0 Å². The van der Waals surface area contributed by atoms with E-state index in [4.69, 9.17) is 5.11 Å². The molecule has 0 aromatic carbocycles. The lowest BCUT2D eigenvalue weighted by atomic mass is 10.2. The third kappa shape index (κ3) is 6.01. The normalized spacial score (nSPS) is 10.2. The maximum Gasteiger partial charge on any atom is 0.303 e. The van der Waals surface area contributed by atoms with Crippen LogP contribution in [-0.4, -0.2) is 28.5 Å². The number of thiazole rings is 1. The summed E-state index contributed by atoms with van der Waals surface area (Å²) in [6.07, 6.45) is 1.41. The fourth-order valence-corrected chi connectivity index (χ4v) is 1.99. The second-order valence-electron chi connectivity index (χ2n) is 3.71. The van der Waals surface area contributed by atoms with Crippen molar-refractivity contribution in [3.05, 3.63) is 16.1 Å². The maximum absolute atomic E-state index is 11.3. The monoisotopic (exact) mass is 256 g/mol. The average molecular weight is 256 g/mol. The molecule has 0 aliphatic rings. The van der Waals surface area contributed by atoms with Gasteiger partial charge in [-0.25, -0.2) is 4.98 Å². The van der Waals surface area contributed by atoms with Gasteiger partial charge in [-0.15, -0.1) is 11.3 Å². The van der Waals surface area contributed by atoms with E-state index in [9.17, 15) is 9.59 Å². The summed E-state index contributed by atoms with van der Waals surface area (Å²) in [6.45, 7) is 2.49. The van der Waals surface area contributed by atoms with E-state index >= 15 is 0 Å². The molecule has 0 radical (unpaired) electrons. The van der Waals surface area contributed by atoms with Gasteiger partial charge in [0.2, 0.25) is 5.91 Å². The van der Waals surface area contributed by atoms with Crippen LogP contribution in [0.2, 0.25) is 0 Å². The molecule has 0 aliphatic carbocycles. The number of carbonyl (C=O) groups is 2. The quantitative estimate of drug-likeness (QED) is 0.772.